The number of thiocarbonyl (C=S) groups is 1. The van der Waals surface area contributed by atoms with Crippen LogP contribution in [0.4, 0.5) is 5.82 Å². The van der Waals surface area contributed by atoms with Crippen molar-refractivity contribution in [3.63, 3.8) is 0 Å². The first-order chi connectivity index (χ1) is 9.15. The summed E-state index contributed by atoms with van der Waals surface area (Å²) in [7, 11) is 0. The van der Waals surface area contributed by atoms with Gasteiger partial charge in [-0.3, -0.25) is 0 Å². The van der Waals surface area contributed by atoms with E-state index >= 15 is 0 Å². The molecule has 0 radical (unpaired) electrons. The molecule has 19 heavy (non-hydrogen) atoms. The van der Waals surface area contributed by atoms with Gasteiger partial charge in [0.2, 0.25) is 0 Å². The molecule has 0 saturated heterocycles. The number of anilines is 1. The quantitative estimate of drug-likeness (QED) is 0.839. The zero-order valence-electron chi connectivity index (χ0n) is 11.1. The zero-order chi connectivity index (χ0) is 13.7. The Morgan fingerprint density at radius 1 is 1.21 bits per heavy atom. The fourth-order valence-corrected chi connectivity index (χ4v) is 2.06. The molecule has 0 spiro atoms. The molecular weight excluding hydrogens is 254 g/mol. The predicted octanol–water partition coefficient (Wildman–Crippen LogP) is 3.44. The third kappa shape index (κ3) is 4.03. The highest BCUT2D eigenvalue weighted by Crippen LogP contribution is 2.12. The minimum Gasteiger partial charge on any atom is -0.356 e. The van der Waals surface area contributed by atoms with E-state index in [1.54, 1.807) is 6.20 Å². The van der Waals surface area contributed by atoms with E-state index in [9.17, 15) is 0 Å². The van der Waals surface area contributed by atoms with Gasteiger partial charge in [-0.15, -0.1) is 0 Å². The summed E-state index contributed by atoms with van der Waals surface area (Å²) < 4.78 is 0. The molecule has 1 aromatic carbocycles. The smallest absolute Gasteiger partial charge is 0.172 e. The maximum atomic E-state index is 5.29. The second-order valence-electron chi connectivity index (χ2n) is 4.45. The van der Waals surface area contributed by atoms with Crippen LogP contribution in [-0.4, -0.2) is 10.1 Å². The minimum absolute atomic E-state index is 0.158. The fourth-order valence-electron chi connectivity index (χ4n) is 1.78. The number of hydrogen-bond donors (Lipinski definition) is 2. The molecule has 0 bridgehead atoms. The Morgan fingerprint density at radius 2 is 1.95 bits per heavy atom. The van der Waals surface area contributed by atoms with E-state index in [0.29, 0.717) is 5.11 Å². The molecule has 2 aromatic rings. The topological polar surface area (TPSA) is 37.0 Å². The van der Waals surface area contributed by atoms with E-state index in [1.165, 1.54) is 5.56 Å². The van der Waals surface area contributed by atoms with E-state index < -0.39 is 0 Å². The van der Waals surface area contributed by atoms with Crippen molar-refractivity contribution < 1.29 is 0 Å². The van der Waals surface area contributed by atoms with E-state index in [2.05, 4.69) is 34.7 Å². The summed E-state index contributed by atoms with van der Waals surface area (Å²) >= 11 is 5.29. The van der Waals surface area contributed by atoms with Crippen molar-refractivity contribution >= 4 is 23.1 Å². The van der Waals surface area contributed by atoms with Gasteiger partial charge in [0.1, 0.15) is 5.82 Å². The molecule has 0 fully saturated rings. The third-order valence-corrected chi connectivity index (χ3v) is 3.02. The van der Waals surface area contributed by atoms with Gasteiger partial charge in [0.15, 0.2) is 5.11 Å². The molecule has 1 atom stereocenters. The number of nitrogens with zero attached hydrogens (tertiary/aromatic N) is 1. The predicted molar refractivity (Wildman–Crippen MR) is 83.2 cm³/mol. The first kappa shape index (κ1) is 13.5. The minimum atomic E-state index is 0.158. The Morgan fingerprint density at radius 3 is 2.63 bits per heavy atom. The van der Waals surface area contributed by atoms with Gasteiger partial charge in [0.25, 0.3) is 0 Å². The summed E-state index contributed by atoms with van der Waals surface area (Å²) in [5, 5.41) is 6.92. The van der Waals surface area contributed by atoms with Gasteiger partial charge in [-0.05, 0) is 49.3 Å². The van der Waals surface area contributed by atoms with Crippen LogP contribution in [0.1, 0.15) is 24.1 Å². The van der Waals surface area contributed by atoms with Crippen LogP contribution in [0.3, 0.4) is 0 Å². The second kappa shape index (κ2) is 6.29. The van der Waals surface area contributed by atoms with E-state index in [4.69, 9.17) is 12.2 Å². The van der Waals surface area contributed by atoms with Crippen molar-refractivity contribution in [3.05, 3.63) is 59.8 Å². The lowest BCUT2D eigenvalue weighted by Crippen LogP contribution is -2.31. The summed E-state index contributed by atoms with van der Waals surface area (Å²) in [5.41, 5.74) is 2.35. The Kier molecular flexibility index (Phi) is 4.47. The molecule has 0 aliphatic carbocycles. The van der Waals surface area contributed by atoms with Gasteiger partial charge in [-0.25, -0.2) is 4.98 Å². The highest BCUT2D eigenvalue weighted by molar-refractivity contribution is 7.80. The molecular formula is C15H17N3S. The molecule has 1 heterocycles. The van der Waals surface area contributed by atoms with Crippen molar-refractivity contribution in [2.45, 2.75) is 19.9 Å². The first-order valence-electron chi connectivity index (χ1n) is 6.20. The molecule has 0 amide bonds. The van der Waals surface area contributed by atoms with Crippen LogP contribution in [0.25, 0.3) is 0 Å². The van der Waals surface area contributed by atoms with E-state index in [0.717, 1.165) is 11.4 Å². The molecule has 2 rings (SSSR count). The number of rotatable bonds is 3. The SMILES string of the molecule is Cc1ccnc(NC(=S)NC(C)c2ccccc2)c1. The lowest BCUT2D eigenvalue weighted by molar-refractivity contribution is 0.722. The summed E-state index contributed by atoms with van der Waals surface area (Å²) in [4.78, 5) is 4.22. The summed E-state index contributed by atoms with van der Waals surface area (Å²) in [5.74, 6) is 0.762. The van der Waals surface area contributed by atoms with Gasteiger partial charge in [-0.2, -0.15) is 0 Å². The van der Waals surface area contributed by atoms with Crippen molar-refractivity contribution in [1.29, 1.82) is 0 Å². The van der Waals surface area contributed by atoms with Crippen LogP contribution in [0.2, 0.25) is 0 Å². The third-order valence-electron chi connectivity index (χ3n) is 2.80. The molecule has 2 N–H and O–H groups in total. The Labute approximate surface area is 119 Å². The lowest BCUT2D eigenvalue weighted by atomic mass is 10.1. The van der Waals surface area contributed by atoms with Crippen molar-refractivity contribution in [1.82, 2.24) is 10.3 Å². The number of nitrogens with one attached hydrogen (secondary N) is 2. The second-order valence-corrected chi connectivity index (χ2v) is 4.86. The van der Waals surface area contributed by atoms with Gasteiger partial charge in [0, 0.05) is 6.20 Å². The number of hydrogen-bond acceptors (Lipinski definition) is 2. The maximum Gasteiger partial charge on any atom is 0.172 e. The summed E-state index contributed by atoms with van der Waals surface area (Å²) in [6.45, 7) is 4.10. The van der Waals surface area contributed by atoms with Crippen LogP contribution in [-0.2, 0) is 0 Å². The number of aryl methyl sites for hydroxylation is 1. The fraction of sp³-hybridized carbons (Fsp3) is 0.200. The Bertz CT molecular complexity index is 554. The van der Waals surface area contributed by atoms with E-state index in [1.807, 2.05) is 37.3 Å². The average molecular weight is 271 g/mol. The molecule has 0 aliphatic rings. The highest BCUT2D eigenvalue weighted by Gasteiger charge is 2.06. The number of pyridine rings is 1. The van der Waals surface area contributed by atoms with Gasteiger partial charge < -0.3 is 10.6 Å². The van der Waals surface area contributed by atoms with Crippen molar-refractivity contribution in [2.24, 2.45) is 0 Å². The maximum absolute atomic E-state index is 5.29. The summed E-state index contributed by atoms with van der Waals surface area (Å²) in [6.07, 6.45) is 1.76. The Balaban J connectivity index is 1.95. The Hall–Kier alpha value is -1.94. The van der Waals surface area contributed by atoms with Crippen molar-refractivity contribution in [2.75, 3.05) is 5.32 Å². The van der Waals surface area contributed by atoms with Crippen LogP contribution in [0.5, 0.6) is 0 Å². The average Bonchev–Trinajstić information content (AvgIpc) is 2.39. The molecule has 0 aliphatic heterocycles. The first-order valence-corrected chi connectivity index (χ1v) is 6.61. The molecule has 0 saturated carbocycles. The largest absolute Gasteiger partial charge is 0.356 e. The molecule has 1 aromatic heterocycles. The zero-order valence-corrected chi connectivity index (χ0v) is 11.9. The summed E-state index contributed by atoms with van der Waals surface area (Å²) in [6, 6.07) is 14.3. The standard InChI is InChI=1S/C15H17N3S/c1-11-8-9-16-14(10-11)18-15(19)17-12(2)13-6-4-3-5-7-13/h3-10,12H,1-2H3,(H2,16,17,18,19). The normalized spacial score (nSPS) is 11.7. The van der Waals surface area contributed by atoms with Gasteiger partial charge in [-0.1, -0.05) is 30.3 Å². The molecule has 4 heteroatoms. The lowest BCUT2D eigenvalue weighted by Gasteiger charge is -2.17. The van der Waals surface area contributed by atoms with Crippen molar-refractivity contribution in [3.8, 4) is 0 Å². The number of benzene rings is 1. The van der Waals surface area contributed by atoms with Crippen LogP contribution < -0.4 is 10.6 Å². The monoisotopic (exact) mass is 271 g/mol. The molecule has 98 valence electrons. The van der Waals surface area contributed by atoms with Gasteiger partial charge >= 0.3 is 0 Å². The van der Waals surface area contributed by atoms with Crippen LogP contribution in [0.15, 0.2) is 48.7 Å². The highest BCUT2D eigenvalue weighted by atomic mass is 32.1. The molecule has 1 unspecified atom stereocenters. The van der Waals surface area contributed by atoms with Crippen LogP contribution >= 0.6 is 12.2 Å². The van der Waals surface area contributed by atoms with E-state index in [-0.39, 0.29) is 6.04 Å². The van der Waals surface area contributed by atoms with Crippen LogP contribution in [0, 0.1) is 6.92 Å². The van der Waals surface area contributed by atoms with Gasteiger partial charge in [0.05, 0.1) is 6.04 Å². The molecule has 3 nitrogen and oxygen atoms in total. The number of aromatic nitrogens is 1.